The van der Waals surface area contributed by atoms with Crippen LogP contribution in [0.1, 0.15) is 26.7 Å². The number of carbonyl (C=O) groups is 2. The second-order valence-corrected chi connectivity index (χ2v) is 6.51. The summed E-state index contributed by atoms with van der Waals surface area (Å²) in [4.78, 5) is 25.1. The smallest absolute Gasteiger partial charge is 0.306 e. The number of piperidine rings is 1. The highest BCUT2D eigenvalue weighted by Crippen LogP contribution is 2.72. The number of hydrogen-bond acceptors (Lipinski definition) is 2. The molecule has 1 aliphatic heterocycles. The second kappa shape index (κ2) is 3.16. The van der Waals surface area contributed by atoms with Gasteiger partial charge in [0, 0.05) is 12.6 Å². The molecule has 98 valence electrons. The number of amides is 1. The number of carboxylic acids is 1. The molecule has 1 saturated heterocycles. The molecule has 0 aromatic rings. The molecular formula is C14H19NO3. The van der Waals surface area contributed by atoms with Crippen molar-refractivity contribution in [2.45, 2.75) is 32.7 Å². The average molecular weight is 249 g/mol. The Hall–Kier alpha value is -1.32. The summed E-state index contributed by atoms with van der Waals surface area (Å²) >= 11 is 0. The third-order valence-corrected chi connectivity index (χ3v) is 6.12. The Kier molecular flexibility index (Phi) is 2.07. The number of carboxylic acid groups (broad SMARTS) is 1. The molecule has 2 saturated carbocycles. The molecule has 4 nitrogen and oxygen atoms in total. The minimum atomic E-state index is -0.670. The summed E-state index contributed by atoms with van der Waals surface area (Å²) in [6, 6.07) is 0.202. The number of carbonyl (C=O) groups excluding carboxylic acids is 1. The molecule has 4 bridgehead atoms. The fourth-order valence-corrected chi connectivity index (χ4v) is 4.98. The van der Waals surface area contributed by atoms with Gasteiger partial charge < -0.3 is 10.0 Å². The summed E-state index contributed by atoms with van der Waals surface area (Å²) in [6.07, 6.45) is 2.91. The van der Waals surface area contributed by atoms with Crippen LogP contribution in [0.25, 0.3) is 0 Å². The predicted molar refractivity (Wildman–Crippen MR) is 65.8 cm³/mol. The largest absolute Gasteiger partial charge is 0.481 e. The lowest BCUT2D eigenvalue weighted by Gasteiger charge is -2.38. The lowest BCUT2D eigenvalue weighted by Crippen LogP contribution is -2.46. The molecule has 2 aliphatic carbocycles. The SMILES string of the molecule is C=CC(=O)N1CC2(C)C3CC1C2(C)CC3C(=O)O. The van der Waals surface area contributed by atoms with Gasteiger partial charge in [0.2, 0.25) is 5.91 Å². The van der Waals surface area contributed by atoms with E-state index in [1.54, 1.807) is 0 Å². The quantitative estimate of drug-likeness (QED) is 0.755. The minimum Gasteiger partial charge on any atom is -0.481 e. The van der Waals surface area contributed by atoms with Gasteiger partial charge in [-0.1, -0.05) is 20.4 Å². The van der Waals surface area contributed by atoms with Gasteiger partial charge in [0.25, 0.3) is 0 Å². The van der Waals surface area contributed by atoms with Gasteiger partial charge in [-0.25, -0.2) is 0 Å². The van der Waals surface area contributed by atoms with Crippen molar-refractivity contribution >= 4 is 11.9 Å². The van der Waals surface area contributed by atoms with Crippen molar-refractivity contribution in [3.8, 4) is 0 Å². The fraction of sp³-hybridized carbons (Fsp3) is 0.714. The molecule has 3 aliphatic rings. The van der Waals surface area contributed by atoms with Crippen LogP contribution in [-0.4, -0.2) is 34.5 Å². The maximum atomic E-state index is 11.9. The van der Waals surface area contributed by atoms with Crippen LogP contribution in [0.3, 0.4) is 0 Å². The first kappa shape index (κ1) is 11.8. The van der Waals surface area contributed by atoms with Gasteiger partial charge >= 0.3 is 5.97 Å². The highest BCUT2D eigenvalue weighted by atomic mass is 16.4. The lowest BCUT2D eigenvalue weighted by atomic mass is 9.71. The first-order chi connectivity index (χ1) is 8.35. The van der Waals surface area contributed by atoms with E-state index in [0.29, 0.717) is 13.0 Å². The number of nitrogens with zero attached hydrogens (tertiary/aromatic N) is 1. The van der Waals surface area contributed by atoms with Crippen LogP contribution in [0.4, 0.5) is 0 Å². The van der Waals surface area contributed by atoms with Gasteiger partial charge in [-0.3, -0.25) is 9.59 Å². The number of hydrogen-bond donors (Lipinski definition) is 1. The first-order valence-electron chi connectivity index (χ1n) is 6.51. The van der Waals surface area contributed by atoms with Gasteiger partial charge in [0.15, 0.2) is 0 Å². The van der Waals surface area contributed by atoms with Gasteiger partial charge in [-0.15, -0.1) is 0 Å². The fourth-order valence-electron chi connectivity index (χ4n) is 4.98. The Balaban J connectivity index is 1.97. The third kappa shape index (κ3) is 1.03. The summed E-state index contributed by atoms with van der Waals surface area (Å²) in [6.45, 7) is 8.57. The van der Waals surface area contributed by atoms with Crippen LogP contribution in [0.15, 0.2) is 12.7 Å². The first-order valence-corrected chi connectivity index (χ1v) is 6.51. The van der Waals surface area contributed by atoms with Crippen LogP contribution in [0.2, 0.25) is 0 Å². The molecule has 5 atom stereocenters. The average Bonchev–Trinajstić information content (AvgIpc) is 2.78. The normalized spacial score (nSPS) is 48.6. The Bertz CT molecular complexity index is 458. The van der Waals surface area contributed by atoms with Crippen LogP contribution in [-0.2, 0) is 9.59 Å². The van der Waals surface area contributed by atoms with E-state index in [2.05, 4.69) is 20.4 Å². The second-order valence-electron chi connectivity index (χ2n) is 6.51. The van der Waals surface area contributed by atoms with E-state index in [1.165, 1.54) is 6.08 Å². The molecule has 18 heavy (non-hydrogen) atoms. The number of likely N-dealkylation sites (tertiary alicyclic amines) is 1. The summed E-state index contributed by atoms with van der Waals surface area (Å²) in [5.74, 6) is -0.685. The van der Waals surface area contributed by atoms with E-state index in [4.69, 9.17) is 0 Å². The zero-order valence-corrected chi connectivity index (χ0v) is 10.8. The van der Waals surface area contributed by atoms with Crippen LogP contribution >= 0.6 is 0 Å². The van der Waals surface area contributed by atoms with Crippen molar-refractivity contribution in [2.24, 2.45) is 22.7 Å². The van der Waals surface area contributed by atoms with Gasteiger partial charge in [-0.05, 0) is 35.7 Å². The van der Waals surface area contributed by atoms with Crippen LogP contribution < -0.4 is 0 Å². The van der Waals surface area contributed by atoms with Crippen molar-refractivity contribution < 1.29 is 14.7 Å². The van der Waals surface area contributed by atoms with Crippen LogP contribution in [0, 0.1) is 22.7 Å². The van der Waals surface area contributed by atoms with Crippen molar-refractivity contribution in [1.82, 2.24) is 4.90 Å². The predicted octanol–water partition coefficient (Wildman–Crippen LogP) is 1.52. The molecule has 3 rings (SSSR count). The van der Waals surface area contributed by atoms with Crippen molar-refractivity contribution in [3.63, 3.8) is 0 Å². The van der Waals surface area contributed by atoms with E-state index in [0.717, 1.165) is 6.42 Å². The maximum Gasteiger partial charge on any atom is 0.306 e. The highest BCUT2D eigenvalue weighted by molar-refractivity contribution is 5.88. The molecule has 3 fully saturated rings. The molecule has 4 heteroatoms. The molecule has 5 unspecified atom stereocenters. The number of aliphatic carboxylic acids is 1. The molecule has 0 aromatic heterocycles. The molecule has 1 N–H and O–H groups in total. The van der Waals surface area contributed by atoms with E-state index >= 15 is 0 Å². The van der Waals surface area contributed by atoms with Crippen molar-refractivity contribution in [2.75, 3.05) is 6.54 Å². The maximum absolute atomic E-state index is 11.9. The molecular weight excluding hydrogens is 230 g/mol. The molecule has 0 radical (unpaired) electrons. The monoisotopic (exact) mass is 249 g/mol. The minimum absolute atomic E-state index is 0.0119. The lowest BCUT2D eigenvalue weighted by molar-refractivity contribution is -0.145. The van der Waals surface area contributed by atoms with E-state index in [1.807, 2.05) is 4.90 Å². The Labute approximate surface area is 107 Å². The standard InChI is InChI=1S/C14H19NO3/c1-4-11(16)15-7-14(3)9-5-10(15)13(14,2)6-8(9)12(17)18/h4,8-10H,1,5-7H2,2-3H3,(H,17,18). The Morgan fingerprint density at radius 1 is 1.39 bits per heavy atom. The zero-order valence-electron chi connectivity index (χ0n) is 10.8. The Morgan fingerprint density at radius 3 is 2.50 bits per heavy atom. The Morgan fingerprint density at radius 2 is 2.06 bits per heavy atom. The number of rotatable bonds is 2. The van der Waals surface area contributed by atoms with Crippen molar-refractivity contribution in [3.05, 3.63) is 12.7 Å². The topological polar surface area (TPSA) is 57.6 Å². The van der Waals surface area contributed by atoms with E-state index in [9.17, 15) is 14.7 Å². The van der Waals surface area contributed by atoms with Crippen molar-refractivity contribution in [1.29, 1.82) is 0 Å². The van der Waals surface area contributed by atoms with Crippen LogP contribution in [0.5, 0.6) is 0 Å². The summed E-state index contributed by atoms with van der Waals surface area (Å²) in [5.41, 5.74) is -0.0845. The summed E-state index contributed by atoms with van der Waals surface area (Å²) < 4.78 is 0. The van der Waals surface area contributed by atoms with Gasteiger partial charge in [-0.2, -0.15) is 0 Å². The third-order valence-electron chi connectivity index (χ3n) is 6.12. The highest BCUT2D eigenvalue weighted by Gasteiger charge is 2.74. The zero-order chi connectivity index (χ0) is 13.3. The molecule has 0 aromatic carbocycles. The molecule has 0 spiro atoms. The summed E-state index contributed by atoms with van der Waals surface area (Å²) in [7, 11) is 0. The van der Waals surface area contributed by atoms with Gasteiger partial charge in [0.05, 0.1) is 5.92 Å². The molecule has 1 heterocycles. The summed E-state index contributed by atoms with van der Waals surface area (Å²) in [5, 5.41) is 9.32. The van der Waals surface area contributed by atoms with E-state index in [-0.39, 0.29) is 34.6 Å². The molecule has 1 amide bonds. The van der Waals surface area contributed by atoms with Gasteiger partial charge in [0.1, 0.15) is 0 Å². The van der Waals surface area contributed by atoms with E-state index < -0.39 is 5.97 Å².